The first-order valence-electron chi connectivity index (χ1n) is 10.2. The van der Waals surface area contributed by atoms with Crippen molar-refractivity contribution in [2.75, 3.05) is 0 Å². The highest BCUT2D eigenvalue weighted by Gasteiger charge is 2.44. The lowest BCUT2D eigenvalue weighted by Crippen LogP contribution is -2.41. The van der Waals surface area contributed by atoms with Gasteiger partial charge in [-0.1, -0.05) is 54.1 Å². The van der Waals surface area contributed by atoms with Gasteiger partial charge < -0.3 is 5.11 Å². The van der Waals surface area contributed by atoms with Crippen molar-refractivity contribution in [1.29, 1.82) is 0 Å². The highest BCUT2D eigenvalue weighted by molar-refractivity contribution is 7.92. The summed E-state index contributed by atoms with van der Waals surface area (Å²) in [6, 6.07) is 7.63. The van der Waals surface area contributed by atoms with Gasteiger partial charge in [-0.05, 0) is 62.0 Å². The second-order valence-electron chi connectivity index (χ2n) is 8.01. The summed E-state index contributed by atoms with van der Waals surface area (Å²) in [5.74, 6) is 0.109. The molecule has 0 aromatic heterocycles. The summed E-state index contributed by atoms with van der Waals surface area (Å²) in [5.41, 5.74) is 1.95. The van der Waals surface area contributed by atoms with Crippen molar-refractivity contribution < 1.29 is 18.3 Å². The van der Waals surface area contributed by atoms with Crippen molar-refractivity contribution in [1.82, 2.24) is 4.72 Å². The van der Waals surface area contributed by atoms with Crippen LogP contribution in [0.2, 0.25) is 0 Å². The molecule has 1 saturated carbocycles. The van der Waals surface area contributed by atoms with E-state index in [0.29, 0.717) is 12.3 Å². The zero-order valence-electron chi connectivity index (χ0n) is 16.7. The van der Waals surface area contributed by atoms with Crippen LogP contribution in [0.5, 0.6) is 0 Å². The molecule has 156 valence electrons. The smallest absolute Gasteiger partial charge is 0.303 e. The maximum atomic E-state index is 12.7. The quantitative estimate of drug-likeness (QED) is 0.441. The Morgan fingerprint density at radius 3 is 2.79 bits per heavy atom. The van der Waals surface area contributed by atoms with E-state index in [1.54, 1.807) is 6.08 Å². The summed E-state index contributed by atoms with van der Waals surface area (Å²) in [5, 5.41) is 9.94. The number of sulfonamides is 1. The van der Waals surface area contributed by atoms with E-state index in [0.717, 1.165) is 30.4 Å². The second kappa shape index (κ2) is 9.55. The molecule has 29 heavy (non-hydrogen) atoms. The molecule has 0 amide bonds. The number of aliphatic carboxylic acids is 1. The zero-order valence-corrected chi connectivity index (χ0v) is 17.5. The van der Waals surface area contributed by atoms with Crippen LogP contribution in [0, 0.1) is 24.7 Å². The second-order valence-corrected chi connectivity index (χ2v) is 9.61. The summed E-state index contributed by atoms with van der Waals surface area (Å²) < 4.78 is 28.2. The number of aryl methyl sites for hydroxylation is 1. The third kappa shape index (κ3) is 6.15. The number of fused-ring (bicyclic) bond motifs is 2. The van der Waals surface area contributed by atoms with Crippen LogP contribution in [0.1, 0.15) is 43.2 Å². The molecular weight excluding hydrogens is 386 g/mol. The van der Waals surface area contributed by atoms with E-state index >= 15 is 0 Å². The highest BCUT2D eigenvalue weighted by Crippen LogP contribution is 2.45. The van der Waals surface area contributed by atoms with Crippen molar-refractivity contribution in [2.45, 2.75) is 45.1 Å². The highest BCUT2D eigenvalue weighted by atomic mass is 32.2. The molecule has 2 aliphatic carbocycles. The lowest BCUT2D eigenvalue weighted by Gasteiger charge is -2.27. The van der Waals surface area contributed by atoms with Crippen molar-refractivity contribution in [3.05, 3.63) is 65.1 Å². The summed E-state index contributed by atoms with van der Waals surface area (Å²) in [6.45, 7) is 1.98. The molecule has 0 heterocycles. The fourth-order valence-electron chi connectivity index (χ4n) is 4.33. The van der Waals surface area contributed by atoms with Gasteiger partial charge in [-0.2, -0.15) is 0 Å². The minimum Gasteiger partial charge on any atom is -0.481 e. The largest absolute Gasteiger partial charge is 0.481 e. The number of carboxylic acid groups (broad SMARTS) is 1. The number of benzene rings is 1. The van der Waals surface area contributed by atoms with Gasteiger partial charge in [0.05, 0.1) is 0 Å². The van der Waals surface area contributed by atoms with Gasteiger partial charge in [-0.15, -0.1) is 0 Å². The van der Waals surface area contributed by atoms with Gasteiger partial charge in [0.15, 0.2) is 0 Å². The average molecular weight is 416 g/mol. The first-order chi connectivity index (χ1) is 13.8. The zero-order chi connectivity index (χ0) is 20.9. The van der Waals surface area contributed by atoms with Crippen molar-refractivity contribution in [3.8, 4) is 0 Å². The Bertz CT molecular complexity index is 917. The molecule has 0 radical (unpaired) electrons. The topological polar surface area (TPSA) is 83.5 Å². The molecule has 6 heteroatoms. The third-order valence-corrected chi connectivity index (χ3v) is 6.84. The van der Waals surface area contributed by atoms with E-state index in [2.05, 4.69) is 23.0 Å². The number of unbranched alkanes of at least 4 members (excludes halogenated alkanes) is 1. The molecule has 3 rings (SSSR count). The molecule has 1 aromatic rings. The van der Waals surface area contributed by atoms with E-state index in [1.165, 1.54) is 5.41 Å². The number of hydrogen-bond donors (Lipinski definition) is 2. The van der Waals surface area contributed by atoms with Crippen LogP contribution < -0.4 is 4.72 Å². The van der Waals surface area contributed by atoms with E-state index in [9.17, 15) is 13.2 Å². The molecule has 1 fully saturated rings. The van der Waals surface area contributed by atoms with Crippen molar-refractivity contribution in [2.24, 2.45) is 17.8 Å². The van der Waals surface area contributed by atoms with Crippen LogP contribution in [0.3, 0.4) is 0 Å². The maximum absolute atomic E-state index is 12.7. The summed E-state index contributed by atoms with van der Waals surface area (Å²) in [4.78, 5) is 10.6. The van der Waals surface area contributed by atoms with Crippen LogP contribution in [-0.2, 0) is 14.8 Å². The Balaban J connectivity index is 1.59. The summed E-state index contributed by atoms with van der Waals surface area (Å²) in [7, 11) is -3.53. The van der Waals surface area contributed by atoms with Gasteiger partial charge in [-0.25, -0.2) is 13.1 Å². The van der Waals surface area contributed by atoms with Gasteiger partial charge >= 0.3 is 5.97 Å². The van der Waals surface area contributed by atoms with E-state index in [4.69, 9.17) is 5.11 Å². The Labute approximate surface area is 173 Å². The molecule has 1 aromatic carbocycles. The van der Waals surface area contributed by atoms with Crippen molar-refractivity contribution >= 4 is 22.1 Å². The molecular formula is C23H29NO4S. The minimum absolute atomic E-state index is 0.0965. The number of hydrogen-bond acceptors (Lipinski definition) is 3. The molecule has 2 N–H and O–H groups in total. The lowest BCUT2D eigenvalue weighted by molar-refractivity contribution is -0.137. The maximum Gasteiger partial charge on any atom is 0.303 e. The fraction of sp³-hybridized carbons (Fsp3) is 0.435. The normalized spacial score (nSPS) is 26.1. The number of carboxylic acids is 1. The number of nitrogens with one attached hydrogen (secondary N) is 1. The first-order valence-corrected chi connectivity index (χ1v) is 11.7. The number of rotatable bonds is 10. The SMILES string of the molecule is Cc1cccc(C=CS(=O)(=O)NC2C3C=CC(C3)C2CC=CCCCC(=O)O)c1. The predicted molar refractivity (Wildman–Crippen MR) is 116 cm³/mol. The summed E-state index contributed by atoms with van der Waals surface area (Å²) >= 11 is 0. The minimum atomic E-state index is -3.53. The Hall–Kier alpha value is -2.18. The van der Waals surface area contributed by atoms with Crippen molar-refractivity contribution in [3.63, 3.8) is 0 Å². The standard InChI is InChI=1S/C23H29NO4S/c1-17-7-6-8-18(15-17)13-14-29(27,28)24-23-20-12-11-19(16-20)21(23)9-4-2-3-5-10-22(25)26/h2,4,6-8,11-15,19-21,23-24H,3,5,9-10,16H2,1H3,(H,25,26). The van der Waals surface area contributed by atoms with Gasteiger partial charge in [0.1, 0.15) is 0 Å². The lowest BCUT2D eigenvalue weighted by atomic mass is 9.86. The van der Waals surface area contributed by atoms with E-state index in [1.807, 2.05) is 37.3 Å². The molecule has 0 aliphatic heterocycles. The van der Waals surface area contributed by atoms with Gasteiger partial charge in [0, 0.05) is 17.9 Å². The van der Waals surface area contributed by atoms with Crippen LogP contribution >= 0.6 is 0 Å². The molecule has 2 bridgehead atoms. The molecule has 5 nitrogen and oxygen atoms in total. The number of allylic oxidation sites excluding steroid dienone is 3. The summed E-state index contributed by atoms with van der Waals surface area (Å²) in [6.07, 6.45) is 13.4. The Morgan fingerprint density at radius 1 is 1.24 bits per heavy atom. The van der Waals surface area contributed by atoms with Crippen LogP contribution in [0.15, 0.2) is 54.0 Å². The Kier molecular flexibility index (Phi) is 7.09. The molecule has 4 unspecified atom stereocenters. The molecule has 2 aliphatic rings. The van der Waals surface area contributed by atoms with Crippen LogP contribution in [-0.4, -0.2) is 25.5 Å². The third-order valence-electron chi connectivity index (χ3n) is 5.74. The fourth-order valence-corrected chi connectivity index (χ4v) is 5.48. The van der Waals surface area contributed by atoms with Crippen LogP contribution in [0.25, 0.3) is 6.08 Å². The van der Waals surface area contributed by atoms with Crippen LogP contribution in [0.4, 0.5) is 0 Å². The average Bonchev–Trinajstić information content (AvgIpc) is 3.25. The number of carbonyl (C=O) groups is 1. The van der Waals surface area contributed by atoms with E-state index < -0.39 is 16.0 Å². The van der Waals surface area contributed by atoms with Gasteiger partial charge in [-0.3, -0.25) is 4.79 Å². The predicted octanol–water partition coefficient (Wildman–Crippen LogP) is 4.28. The molecule has 0 spiro atoms. The van der Waals surface area contributed by atoms with Gasteiger partial charge in [0.2, 0.25) is 10.0 Å². The Morgan fingerprint density at radius 2 is 2.03 bits per heavy atom. The monoisotopic (exact) mass is 415 g/mol. The molecule has 0 saturated heterocycles. The van der Waals surface area contributed by atoms with Gasteiger partial charge in [0.25, 0.3) is 0 Å². The molecule has 4 atom stereocenters. The first kappa shape index (κ1) is 21.5. The van der Waals surface area contributed by atoms with E-state index in [-0.39, 0.29) is 24.3 Å².